The first-order valence-electron chi connectivity index (χ1n) is 5.45. The maximum atomic E-state index is 12.3. The van der Waals surface area contributed by atoms with E-state index in [0.717, 1.165) is 12.8 Å². The molecule has 1 N–H and O–H groups in total. The number of nitrogens with zero attached hydrogens (tertiary/aromatic N) is 1. The van der Waals surface area contributed by atoms with Crippen molar-refractivity contribution in [3.05, 3.63) is 28.8 Å². The van der Waals surface area contributed by atoms with Crippen LogP contribution in [0.4, 0.5) is 0 Å². The number of rotatable bonds is 3. The Bertz CT molecular complexity index is 509. The molecule has 1 saturated heterocycles. The van der Waals surface area contributed by atoms with E-state index >= 15 is 0 Å². The van der Waals surface area contributed by atoms with E-state index in [0.29, 0.717) is 18.7 Å². The Hall–Kier alpha value is -0.620. The summed E-state index contributed by atoms with van der Waals surface area (Å²) < 4.78 is 26.0. The normalized spacial score (nSPS) is 17.5. The molecule has 1 fully saturated rings. The zero-order chi connectivity index (χ0) is 12.5. The van der Waals surface area contributed by atoms with Gasteiger partial charge in [0.15, 0.2) is 0 Å². The molecule has 1 aromatic rings. The van der Waals surface area contributed by atoms with Crippen molar-refractivity contribution in [1.29, 1.82) is 0 Å². The fraction of sp³-hybridized carbons (Fsp3) is 0.455. The number of hydrogen-bond acceptors (Lipinski definition) is 3. The zero-order valence-electron chi connectivity index (χ0n) is 9.26. The van der Waals surface area contributed by atoms with Crippen LogP contribution in [-0.2, 0) is 16.6 Å². The highest BCUT2D eigenvalue weighted by atomic mass is 35.5. The molecular formula is C11H14ClNO3S. The summed E-state index contributed by atoms with van der Waals surface area (Å²) in [6.45, 7) is 0.893. The molecule has 1 aromatic carbocycles. The fourth-order valence-electron chi connectivity index (χ4n) is 1.91. The second-order valence-electron chi connectivity index (χ2n) is 4.03. The summed E-state index contributed by atoms with van der Waals surface area (Å²) in [7, 11) is -3.51. The smallest absolute Gasteiger partial charge is 0.244 e. The minimum Gasteiger partial charge on any atom is -0.392 e. The van der Waals surface area contributed by atoms with Crippen LogP contribution in [0, 0.1) is 0 Å². The Balaban J connectivity index is 2.44. The van der Waals surface area contributed by atoms with E-state index in [1.807, 2.05) is 0 Å². The lowest BCUT2D eigenvalue weighted by atomic mass is 10.2. The molecule has 6 heteroatoms. The molecule has 4 nitrogen and oxygen atoms in total. The summed E-state index contributed by atoms with van der Waals surface area (Å²) in [5.41, 5.74) is 0.548. The van der Waals surface area contributed by atoms with Crippen LogP contribution in [0.5, 0.6) is 0 Å². The molecule has 0 aliphatic carbocycles. The first-order valence-corrected chi connectivity index (χ1v) is 7.27. The first kappa shape index (κ1) is 12.8. The molecule has 0 saturated carbocycles. The van der Waals surface area contributed by atoms with Gasteiger partial charge in [0.1, 0.15) is 4.90 Å². The van der Waals surface area contributed by atoms with Crippen LogP contribution in [0.1, 0.15) is 18.4 Å². The molecule has 0 unspecified atom stereocenters. The minimum atomic E-state index is -3.51. The van der Waals surface area contributed by atoms with Crippen molar-refractivity contribution in [2.45, 2.75) is 24.3 Å². The third-order valence-electron chi connectivity index (χ3n) is 2.86. The second kappa shape index (κ2) is 4.94. The molecular weight excluding hydrogens is 262 g/mol. The van der Waals surface area contributed by atoms with Gasteiger partial charge in [-0.05, 0) is 30.5 Å². The second-order valence-corrected chi connectivity index (χ2v) is 6.35. The van der Waals surface area contributed by atoms with Crippen LogP contribution in [-0.4, -0.2) is 30.9 Å². The van der Waals surface area contributed by atoms with E-state index in [-0.39, 0.29) is 16.5 Å². The van der Waals surface area contributed by atoms with Gasteiger partial charge in [-0.2, -0.15) is 4.31 Å². The zero-order valence-corrected chi connectivity index (χ0v) is 10.8. The van der Waals surface area contributed by atoms with Gasteiger partial charge in [0.2, 0.25) is 10.0 Å². The number of aliphatic hydroxyl groups excluding tert-OH is 1. The molecule has 0 spiro atoms. The topological polar surface area (TPSA) is 57.6 Å². The molecule has 0 amide bonds. The van der Waals surface area contributed by atoms with Crippen molar-refractivity contribution in [2.24, 2.45) is 0 Å². The third kappa shape index (κ3) is 2.47. The van der Waals surface area contributed by atoms with Gasteiger partial charge in [-0.1, -0.05) is 17.7 Å². The maximum Gasteiger partial charge on any atom is 0.244 e. The SMILES string of the molecule is O=S(=O)(c1cc(CO)ccc1Cl)N1CCCC1. The van der Waals surface area contributed by atoms with Crippen molar-refractivity contribution in [1.82, 2.24) is 4.31 Å². The van der Waals surface area contributed by atoms with Crippen LogP contribution < -0.4 is 0 Å². The Morgan fingerprint density at radius 1 is 1.29 bits per heavy atom. The highest BCUT2D eigenvalue weighted by molar-refractivity contribution is 7.89. The van der Waals surface area contributed by atoms with E-state index in [1.165, 1.54) is 16.4 Å². The third-order valence-corrected chi connectivity index (χ3v) is 5.24. The van der Waals surface area contributed by atoms with Crippen molar-refractivity contribution in [2.75, 3.05) is 13.1 Å². The minimum absolute atomic E-state index is 0.0904. The van der Waals surface area contributed by atoms with Crippen LogP contribution in [0.2, 0.25) is 5.02 Å². The Kier molecular flexibility index (Phi) is 3.73. The monoisotopic (exact) mass is 275 g/mol. The van der Waals surface area contributed by atoms with Crippen LogP contribution in [0.15, 0.2) is 23.1 Å². The van der Waals surface area contributed by atoms with Gasteiger partial charge >= 0.3 is 0 Å². The Morgan fingerprint density at radius 2 is 1.94 bits per heavy atom. The summed E-state index contributed by atoms with van der Waals surface area (Å²) in [5.74, 6) is 0. The molecule has 2 rings (SSSR count). The summed E-state index contributed by atoms with van der Waals surface area (Å²) in [5, 5.41) is 9.24. The van der Waals surface area contributed by atoms with E-state index < -0.39 is 10.0 Å². The van der Waals surface area contributed by atoms with E-state index in [1.54, 1.807) is 6.07 Å². The fourth-order valence-corrected chi connectivity index (χ4v) is 3.95. The Labute approximate surface area is 106 Å². The lowest BCUT2D eigenvalue weighted by molar-refractivity contribution is 0.281. The van der Waals surface area contributed by atoms with Gasteiger partial charge in [0, 0.05) is 13.1 Å². The van der Waals surface area contributed by atoms with E-state index in [2.05, 4.69) is 0 Å². The van der Waals surface area contributed by atoms with Crippen molar-refractivity contribution >= 4 is 21.6 Å². The molecule has 0 radical (unpaired) electrons. The number of hydrogen-bond donors (Lipinski definition) is 1. The highest BCUT2D eigenvalue weighted by Crippen LogP contribution is 2.27. The van der Waals surface area contributed by atoms with Crippen LogP contribution in [0.25, 0.3) is 0 Å². The predicted octanol–water partition coefficient (Wildman–Crippen LogP) is 1.62. The average molecular weight is 276 g/mol. The van der Waals surface area contributed by atoms with Gasteiger partial charge in [-0.15, -0.1) is 0 Å². The van der Waals surface area contributed by atoms with E-state index in [4.69, 9.17) is 16.7 Å². The average Bonchev–Trinajstić information content (AvgIpc) is 2.83. The lowest BCUT2D eigenvalue weighted by Crippen LogP contribution is -2.28. The summed E-state index contributed by atoms with van der Waals surface area (Å²) in [6.07, 6.45) is 1.77. The molecule has 17 heavy (non-hydrogen) atoms. The Morgan fingerprint density at radius 3 is 2.53 bits per heavy atom. The molecule has 0 atom stereocenters. The summed E-state index contributed by atoms with van der Waals surface area (Å²) >= 11 is 5.93. The quantitative estimate of drug-likeness (QED) is 0.912. The summed E-state index contributed by atoms with van der Waals surface area (Å²) in [6, 6.07) is 4.57. The van der Waals surface area contributed by atoms with Crippen LogP contribution in [0.3, 0.4) is 0 Å². The van der Waals surface area contributed by atoms with Crippen molar-refractivity contribution in [3.63, 3.8) is 0 Å². The molecule has 1 aliphatic rings. The first-order chi connectivity index (χ1) is 8.05. The molecule has 0 aromatic heterocycles. The van der Waals surface area contributed by atoms with Gasteiger partial charge in [-0.25, -0.2) is 8.42 Å². The van der Waals surface area contributed by atoms with Crippen LogP contribution >= 0.6 is 11.6 Å². The van der Waals surface area contributed by atoms with Gasteiger partial charge < -0.3 is 5.11 Å². The van der Waals surface area contributed by atoms with Gasteiger partial charge in [0.05, 0.1) is 11.6 Å². The van der Waals surface area contributed by atoms with E-state index in [9.17, 15) is 8.42 Å². The largest absolute Gasteiger partial charge is 0.392 e. The lowest BCUT2D eigenvalue weighted by Gasteiger charge is -2.16. The number of sulfonamides is 1. The molecule has 0 bridgehead atoms. The van der Waals surface area contributed by atoms with Crippen molar-refractivity contribution < 1.29 is 13.5 Å². The van der Waals surface area contributed by atoms with Gasteiger partial charge in [0.25, 0.3) is 0 Å². The molecule has 1 aliphatic heterocycles. The number of benzene rings is 1. The number of halogens is 1. The number of aliphatic hydroxyl groups is 1. The van der Waals surface area contributed by atoms with Crippen molar-refractivity contribution in [3.8, 4) is 0 Å². The summed E-state index contributed by atoms with van der Waals surface area (Å²) in [4.78, 5) is 0.0904. The molecule has 1 heterocycles. The highest BCUT2D eigenvalue weighted by Gasteiger charge is 2.29. The molecule has 94 valence electrons. The van der Waals surface area contributed by atoms with Gasteiger partial charge in [-0.3, -0.25) is 0 Å². The maximum absolute atomic E-state index is 12.3. The standard InChI is InChI=1S/C11H14ClNO3S/c12-10-4-3-9(8-14)7-11(10)17(15,16)13-5-1-2-6-13/h3-4,7,14H,1-2,5-6,8H2. The predicted molar refractivity (Wildman–Crippen MR) is 65.4 cm³/mol.